The summed E-state index contributed by atoms with van der Waals surface area (Å²) in [5, 5.41) is 0.359. The molecule has 0 amide bonds. The lowest BCUT2D eigenvalue weighted by molar-refractivity contribution is -0.139. The van der Waals surface area contributed by atoms with E-state index < -0.39 is 0 Å². The highest BCUT2D eigenvalue weighted by Gasteiger charge is 1.99. The SMILES string of the molecule is COC(=O)CC=Cc1ccc2ncc(Cl)nc2c1. The third-order valence-corrected chi connectivity index (χ3v) is 2.54. The van der Waals surface area contributed by atoms with Gasteiger partial charge in [-0.3, -0.25) is 9.78 Å². The highest BCUT2D eigenvalue weighted by atomic mass is 35.5. The Bertz CT molecular complexity index is 611. The van der Waals surface area contributed by atoms with Crippen molar-refractivity contribution in [1.29, 1.82) is 0 Å². The number of hydrogen-bond donors (Lipinski definition) is 0. The Balaban J connectivity index is 2.21. The Kier molecular flexibility index (Phi) is 3.89. The van der Waals surface area contributed by atoms with E-state index in [9.17, 15) is 4.79 Å². The van der Waals surface area contributed by atoms with Gasteiger partial charge in [-0.2, -0.15) is 0 Å². The molecule has 5 heteroatoms. The van der Waals surface area contributed by atoms with Gasteiger partial charge in [0.15, 0.2) is 0 Å². The summed E-state index contributed by atoms with van der Waals surface area (Å²) in [5.74, 6) is -0.269. The molecule has 2 aromatic rings. The predicted molar refractivity (Wildman–Crippen MR) is 70.2 cm³/mol. The molecule has 0 fully saturated rings. The minimum Gasteiger partial charge on any atom is -0.469 e. The van der Waals surface area contributed by atoms with Gasteiger partial charge in [0.2, 0.25) is 0 Å². The number of ether oxygens (including phenoxy) is 1. The number of esters is 1. The lowest BCUT2D eigenvalue weighted by atomic mass is 10.1. The summed E-state index contributed by atoms with van der Waals surface area (Å²) in [7, 11) is 1.36. The van der Waals surface area contributed by atoms with Gasteiger partial charge in [-0.15, -0.1) is 0 Å². The molecule has 2 rings (SSSR count). The van der Waals surface area contributed by atoms with Gasteiger partial charge in [-0.05, 0) is 17.7 Å². The van der Waals surface area contributed by atoms with Gasteiger partial charge in [-0.25, -0.2) is 4.98 Å². The van der Waals surface area contributed by atoms with Gasteiger partial charge < -0.3 is 4.74 Å². The summed E-state index contributed by atoms with van der Waals surface area (Å²) >= 11 is 5.78. The second-order valence-electron chi connectivity index (χ2n) is 3.62. The minimum absolute atomic E-state index is 0.246. The van der Waals surface area contributed by atoms with Gasteiger partial charge in [0, 0.05) is 0 Å². The molecular weight excluding hydrogens is 252 g/mol. The third-order valence-electron chi connectivity index (χ3n) is 2.36. The maximum absolute atomic E-state index is 10.9. The smallest absolute Gasteiger partial charge is 0.309 e. The van der Waals surface area contributed by atoms with E-state index in [4.69, 9.17) is 11.6 Å². The van der Waals surface area contributed by atoms with Crippen molar-refractivity contribution in [2.45, 2.75) is 6.42 Å². The van der Waals surface area contributed by atoms with Crippen LogP contribution in [0.5, 0.6) is 0 Å². The molecule has 0 unspecified atom stereocenters. The number of benzene rings is 1. The molecule has 1 heterocycles. The van der Waals surface area contributed by atoms with Crippen LogP contribution >= 0.6 is 11.6 Å². The maximum atomic E-state index is 10.9. The molecule has 0 atom stereocenters. The molecule has 1 aromatic heterocycles. The van der Waals surface area contributed by atoms with Crippen molar-refractivity contribution in [1.82, 2.24) is 9.97 Å². The summed E-state index contributed by atoms with van der Waals surface area (Å²) in [4.78, 5) is 19.3. The number of carbonyl (C=O) groups excluding carboxylic acids is 1. The minimum atomic E-state index is -0.269. The van der Waals surface area contributed by atoms with Crippen LogP contribution in [0.4, 0.5) is 0 Å². The fourth-order valence-corrected chi connectivity index (χ4v) is 1.62. The van der Waals surface area contributed by atoms with E-state index in [0.29, 0.717) is 5.15 Å². The zero-order chi connectivity index (χ0) is 13.0. The van der Waals surface area contributed by atoms with Crippen molar-refractivity contribution in [3.05, 3.63) is 41.2 Å². The molecular formula is C13H11ClN2O2. The van der Waals surface area contributed by atoms with Crippen molar-refractivity contribution in [2.75, 3.05) is 7.11 Å². The van der Waals surface area contributed by atoms with E-state index in [1.807, 2.05) is 24.3 Å². The quantitative estimate of drug-likeness (QED) is 0.798. The topological polar surface area (TPSA) is 52.1 Å². The molecule has 1 aromatic carbocycles. The number of fused-ring (bicyclic) bond motifs is 1. The number of hydrogen-bond acceptors (Lipinski definition) is 4. The van der Waals surface area contributed by atoms with Gasteiger partial charge in [0.05, 0.1) is 30.8 Å². The first kappa shape index (κ1) is 12.5. The molecule has 0 saturated heterocycles. The molecule has 0 aliphatic carbocycles. The molecule has 0 bridgehead atoms. The average molecular weight is 263 g/mol. The van der Waals surface area contributed by atoms with Crippen LogP contribution in [0.1, 0.15) is 12.0 Å². The Hall–Kier alpha value is -1.94. The first-order valence-corrected chi connectivity index (χ1v) is 5.72. The van der Waals surface area contributed by atoms with E-state index in [2.05, 4.69) is 14.7 Å². The summed E-state index contributed by atoms with van der Waals surface area (Å²) in [6.45, 7) is 0. The van der Waals surface area contributed by atoms with Crippen molar-refractivity contribution >= 4 is 34.7 Å². The van der Waals surface area contributed by atoms with Crippen molar-refractivity contribution < 1.29 is 9.53 Å². The Labute approximate surface area is 109 Å². The number of nitrogens with zero attached hydrogens (tertiary/aromatic N) is 2. The Morgan fingerprint density at radius 1 is 1.44 bits per heavy atom. The largest absolute Gasteiger partial charge is 0.469 e. The van der Waals surface area contributed by atoms with Crippen molar-refractivity contribution in [3.63, 3.8) is 0 Å². The van der Waals surface area contributed by atoms with Crippen molar-refractivity contribution in [3.8, 4) is 0 Å². The van der Waals surface area contributed by atoms with Crippen LogP contribution in [0.25, 0.3) is 17.1 Å². The van der Waals surface area contributed by atoms with Crippen LogP contribution in [-0.2, 0) is 9.53 Å². The zero-order valence-corrected chi connectivity index (χ0v) is 10.5. The fourth-order valence-electron chi connectivity index (χ4n) is 1.48. The van der Waals surface area contributed by atoms with Gasteiger partial charge in [0.25, 0.3) is 0 Å². The molecule has 18 heavy (non-hydrogen) atoms. The molecule has 0 radical (unpaired) electrons. The molecule has 0 saturated carbocycles. The predicted octanol–water partition coefficient (Wildman–Crippen LogP) is 2.86. The molecule has 0 N–H and O–H groups in total. The normalized spacial score (nSPS) is 11.0. The highest BCUT2D eigenvalue weighted by Crippen LogP contribution is 2.15. The standard InChI is InChI=1S/C13H11ClN2O2/c1-18-13(17)4-2-3-9-5-6-10-11(7-9)16-12(14)8-15-10/h2-3,5-8H,4H2,1H3. The monoisotopic (exact) mass is 262 g/mol. The molecule has 0 aliphatic rings. The van der Waals surface area contributed by atoms with E-state index in [-0.39, 0.29) is 12.4 Å². The van der Waals surface area contributed by atoms with Crippen molar-refractivity contribution in [2.24, 2.45) is 0 Å². The van der Waals surface area contributed by atoms with Gasteiger partial charge >= 0.3 is 5.97 Å². The van der Waals surface area contributed by atoms with Crippen LogP contribution < -0.4 is 0 Å². The third kappa shape index (κ3) is 3.05. The number of carbonyl (C=O) groups is 1. The van der Waals surface area contributed by atoms with Gasteiger partial charge in [0.1, 0.15) is 5.15 Å². The maximum Gasteiger partial charge on any atom is 0.309 e. The first-order valence-electron chi connectivity index (χ1n) is 5.35. The highest BCUT2D eigenvalue weighted by molar-refractivity contribution is 6.29. The van der Waals surface area contributed by atoms with E-state index in [1.165, 1.54) is 13.3 Å². The summed E-state index contributed by atoms with van der Waals surface area (Å²) < 4.78 is 4.54. The molecule has 92 valence electrons. The number of halogens is 1. The number of rotatable bonds is 3. The van der Waals surface area contributed by atoms with Crippen LogP contribution in [0.3, 0.4) is 0 Å². The first-order chi connectivity index (χ1) is 8.69. The van der Waals surface area contributed by atoms with Gasteiger partial charge in [-0.1, -0.05) is 29.8 Å². The second kappa shape index (κ2) is 5.60. The average Bonchev–Trinajstić information content (AvgIpc) is 2.38. The van der Waals surface area contributed by atoms with E-state index in [0.717, 1.165) is 16.6 Å². The summed E-state index contributed by atoms with van der Waals surface area (Å²) in [6.07, 6.45) is 5.33. The van der Waals surface area contributed by atoms with Crippen LogP contribution in [0, 0.1) is 0 Å². The lowest BCUT2D eigenvalue weighted by Crippen LogP contribution is -1.96. The Morgan fingerprint density at radius 3 is 3.06 bits per heavy atom. The summed E-state index contributed by atoms with van der Waals surface area (Å²) in [5.41, 5.74) is 2.44. The Morgan fingerprint density at radius 2 is 2.28 bits per heavy atom. The zero-order valence-electron chi connectivity index (χ0n) is 9.76. The lowest BCUT2D eigenvalue weighted by Gasteiger charge is -1.99. The number of methoxy groups -OCH3 is 1. The van der Waals surface area contributed by atoms with E-state index in [1.54, 1.807) is 6.08 Å². The van der Waals surface area contributed by atoms with E-state index >= 15 is 0 Å². The van der Waals surface area contributed by atoms with Crippen LogP contribution in [0.15, 0.2) is 30.5 Å². The number of aromatic nitrogens is 2. The molecule has 0 spiro atoms. The fraction of sp³-hybridized carbons (Fsp3) is 0.154. The van der Waals surface area contributed by atoms with Crippen LogP contribution in [-0.4, -0.2) is 23.0 Å². The second-order valence-corrected chi connectivity index (χ2v) is 4.01. The van der Waals surface area contributed by atoms with Crippen LogP contribution in [0.2, 0.25) is 5.15 Å². The molecule has 4 nitrogen and oxygen atoms in total. The summed E-state index contributed by atoms with van der Waals surface area (Å²) in [6, 6.07) is 5.62. The molecule has 0 aliphatic heterocycles.